The molecule has 4 rings (SSSR count). The molecule has 3 heterocycles. The number of nitrogens with two attached hydrogens (primary N) is 2. The maximum absolute atomic E-state index is 9.27. The fourth-order valence-electron chi connectivity index (χ4n) is 3.03. The number of nitriles is 1. The van der Waals surface area contributed by atoms with Gasteiger partial charge in [-0.15, -0.1) is 5.11 Å². The number of nitrogen functional groups attached to an aromatic ring is 2. The van der Waals surface area contributed by atoms with Crippen LogP contribution in [-0.2, 0) is 6.54 Å². The van der Waals surface area contributed by atoms with Crippen molar-refractivity contribution in [2.45, 2.75) is 6.54 Å². The summed E-state index contributed by atoms with van der Waals surface area (Å²) < 4.78 is 0. The first-order chi connectivity index (χ1) is 15.2. The van der Waals surface area contributed by atoms with Crippen molar-refractivity contribution >= 4 is 17.2 Å². The van der Waals surface area contributed by atoms with Crippen molar-refractivity contribution in [1.29, 1.82) is 5.26 Å². The van der Waals surface area contributed by atoms with Gasteiger partial charge in [0.1, 0.15) is 12.9 Å². The molecular weight excluding hydrogens is 390 g/mol. The third-order valence-corrected chi connectivity index (χ3v) is 4.47. The van der Waals surface area contributed by atoms with Gasteiger partial charge in [0.15, 0.2) is 11.5 Å². The Hall–Kier alpha value is -4.71. The molecule has 1 aromatic carbocycles. The minimum atomic E-state index is 0.123. The molecule has 0 amide bonds. The van der Waals surface area contributed by atoms with Crippen LogP contribution in [0.25, 0.3) is 22.5 Å². The number of aromatic nitrogens is 4. The number of hydrogen-bond acceptors (Lipinski definition) is 9. The smallest absolute Gasteiger partial charge is 0.154 e. The maximum Gasteiger partial charge on any atom is 0.154 e. The highest BCUT2D eigenvalue weighted by molar-refractivity contribution is 5.95. The largest absolute Gasteiger partial charge is 0.396 e. The van der Waals surface area contributed by atoms with Crippen molar-refractivity contribution < 1.29 is 0 Å². The lowest BCUT2D eigenvalue weighted by atomic mass is 9.99. The summed E-state index contributed by atoms with van der Waals surface area (Å²) in [7, 11) is 0. The number of hydrogen-bond donors (Lipinski definition) is 2. The molecule has 3 aromatic heterocycles. The normalized spacial score (nSPS) is 10.8. The summed E-state index contributed by atoms with van der Waals surface area (Å²) >= 11 is 0. The Labute approximate surface area is 178 Å². The molecule has 4 N–H and O–H groups in total. The molecule has 0 bridgehead atoms. The van der Waals surface area contributed by atoms with Gasteiger partial charge < -0.3 is 11.5 Å². The number of rotatable bonds is 5. The molecule has 31 heavy (non-hydrogen) atoms. The topological polar surface area (TPSA) is 152 Å². The Bertz CT molecular complexity index is 1280. The summed E-state index contributed by atoms with van der Waals surface area (Å²) in [6, 6.07) is 16.4. The van der Waals surface area contributed by atoms with Crippen LogP contribution in [-0.4, -0.2) is 19.9 Å². The van der Waals surface area contributed by atoms with Gasteiger partial charge in [-0.1, -0.05) is 18.2 Å². The van der Waals surface area contributed by atoms with Crippen LogP contribution in [0.5, 0.6) is 0 Å². The molecule has 0 unspecified atom stereocenters. The molecule has 0 atom stereocenters. The molecule has 4 aromatic rings. The van der Waals surface area contributed by atoms with Crippen LogP contribution in [0.1, 0.15) is 11.3 Å². The zero-order chi connectivity index (χ0) is 21.6. The predicted molar refractivity (Wildman–Crippen MR) is 117 cm³/mol. The summed E-state index contributed by atoms with van der Waals surface area (Å²) in [5, 5.41) is 17.7. The van der Waals surface area contributed by atoms with E-state index in [-0.39, 0.29) is 23.7 Å². The van der Waals surface area contributed by atoms with Gasteiger partial charge >= 0.3 is 0 Å². The molecule has 9 heteroatoms. The molecule has 0 radical (unpaired) electrons. The Kier molecular flexibility index (Phi) is 5.53. The second-order valence-corrected chi connectivity index (χ2v) is 6.49. The van der Waals surface area contributed by atoms with E-state index in [0.29, 0.717) is 28.1 Å². The molecule has 0 aliphatic rings. The third kappa shape index (κ3) is 4.18. The minimum Gasteiger partial charge on any atom is -0.396 e. The van der Waals surface area contributed by atoms with Gasteiger partial charge in [-0.05, 0) is 30.3 Å². The fraction of sp³-hybridized carbons (Fsp3) is 0.0455. The first kappa shape index (κ1) is 19.6. The van der Waals surface area contributed by atoms with Crippen LogP contribution >= 0.6 is 0 Å². The van der Waals surface area contributed by atoms with Gasteiger partial charge in [-0.3, -0.25) is 4.98 Å². The van der Waals surface area contributed by atoms with Crippen molar-refractivity contribution in [2.75, 3.05) is 11.5 Å². The van der Waals surface area contributed by atoms with Gasteiger partial charge in [-0.25, -0.2) is 15.0 Å². The van der Waals surface area contributed by atoms with Crippen molar-refractivity contribution in [2.24, 2.45) is 10.2 Å². The number of benzene rings is 1. The van der Waals surface area contributed by atoms with Crippen LogP contribution < -0.4 is 11.5 Å². The van der Waals surface area contributed by atoms with E-state index in [1.165, 1.54) is 6.33 Å². The van der Waals surface area contributed by atoms with E-state index >= 15 is 0 Å². The highest BCUT2D eigenvalue weighted by Crippen LogP contribution is 2.42. The predicted octanol–water partition coefficient (Wildman–Crippen LogP) is 3.92. The SMILES string of the molecule is N#Cc1cccc(-c2nc(N)c(N=NCc3ccccn3)c(N)c2-c2ccncn2)c1. The van der Waals surface area contributed by atoms with E-state index in [4.69, 9.17) is 11.5 Å². The van der Waals surface area contributed by atoms with E-state index in [1.807, 2.05) is 24.3 Å². The maximum atomic E-state index is 9.27. The molecule has 0 aliphatic carbocycles. The van der Waals surface area contributed by atoms with Gasteiger partial charge in [0.2, 0.25) is 0 Å². The van der Waals surface area contributed by atoms with Crippen LogP contribution in [0.2, 0.25) is 0 Å². The standard InChI is InChI=1S/C22H17N9/c23-11-14-4-3-5-15(10-14)20-18(17-7-9-26-13-28-17)19(24)21(22(25)30-20)31-29-12-16-6-1-2-8-27-16/h1-10,13H,12H2,(H4,24,25,30). The van der Waals surface area contributed by atoms with Crippen LogP contribution in [0, 0.1) is 11.3 Å². The molecular formula is C22H17N9. The lowest BCUT2D eigenvalue weighted by Crippen LogP contribution is -2.03. The zero-order valence-electron chi connectivity index (χ0n) is 16.3. The van der Waals surface area contributed by atoms with Crippen molar-refractivity contribution in [3.05, 3.63) is 78.5 Å². The first-order valence-electron chi connectivity index (χ1n) is 9.30. The van der Waals surface area contributed by atoms with Crippen LogP contribution in [0.3, 0.4) is 0 Å². The molecule has 0 spiro atoms. The van der Waals surface area contributed by atoms with Gasteiger partial charge in [-0.2, -0.15) is 10.4 Å². The molecule has 0 fully saturated rings. The average Bonchev–Trinajstić information content (AvgIpc) is 2.82. The Balaban J connectivity index is 1.84. The number of pyridine rings is 2. The Morgan fingerprint density at radius 1 is 1.00 bits per heavy atom. The lowest BCUT2D eigenvalue weighted by Gasteiger charge is -2.15. The third-order valence-electron chi connectivity index (χ3n) is 4.47. The van der Waals surface area contributed by atoms with Crippen LogP contribution in [0.15, 0.2) is 77.5 Å². The lowest BCUT2D eigenvalue weighted by molar-refractivity contribution is 0.915. The van der Waals surface area contributed by atoms with Crippen molar-refractivity contribution in [1.82, 2.24) is 19.9 Å². The van der Waals surface area contributed by atoms with E-state index < -0.39 is 0 Å². The van der Waals surface area contributed by atoms with Crippen molar-refractivity contribution in [3.63, 3.8) is 0 Å². The highest BCUT2D eigenvalue weighted by atomic mass is 15.1. The van der Waals surface area contributed by atoms with Crippen molar-refractivity contribution in [3.8, 4) is 28.6 Å². The molecule has 0 saturated carbocycles. The number of azo groups is 1. The number of anilines is 2. The molecule has 0 saturated heterocycles. The van der Waals surface area contributed by atoms with E-state index in [2.05, 4.69) is 36.2 Å². The summed E-state index contributed by atoms with van der Waals surface area (Å²) in [5.74, 6) is 0.123. The molecule has 9 nitrogen and oxygen atoms in total. The molecule has 0 aliphatic heterocycles. The fourth-order valence-corrected chi connectivity index (χ4v) is 3.03. The Morgan fingerprint density at radius 3 is 2.65 bits per heavy atom. The average molecular weight is 407 g/mol. The van der Waals surface area contributed by atoms with Gasteiger partial charge in [0, 0.05) is 18.0 Å². The summed E-state index contributed by atoms with van der Waals surface area (Å²) in [5.41, 5.74) is 16.8. The monoisotopic (exact) mass is 407 g/mol. The van der Waals surface area contributed by atoms with Gasteiger partial charge in [0.05, 0.1) is 40.0 Å². The summed E-state index contributed by atoms with van der Waals surface area (Å²) in [6.45, 7) is 0.272. The van der Waals surface area contributed by atoms with Gasteiger partial charge in [0.25, 0.3) is 0 Å². The zero-order valence-corrected chi connectivity index (χ0v) is 16.3. The van der Waals surface area contributed by atoms with E-state index in [0.717, 1.165) is 5.69 Å². The van der Waals surface area contributed by atoms with Crippen LogP contribution in [0.4, 0.5) is 17.2 Å². The minimum absolute atomic E-state index is 0.123. The second kappa shape index (κ2) is 8.75. The summed E-state index contributed by atoms with van der Waals surface area (Å²) in [6.07, 6.45) is 4.71. The second-order valence-electron chi connectivity index (χ2n) is 6.49. The first-order valence-corrected chi connectivity index (χ1v) is 9.30. The number of nitrogens with zero attached hydrogens (tertiary/aromatic N) is 7. The Morgan fingerprint density at radius 2 is 1.90 bits per heavy atom. The van der Waals surface area contributed by atoms with E-state index in [1.54, 1.807) is 36.7 Å². The quantitative estimate of drug-likeness (QED) is 0.475. The molecule has 150 valence electrons. The van der Waals surface area contributed by atoms with E-state index in [9.17, 15) is 5.26 Å². The highest BCUT2D eigenvalue weighted by Gasteiger charge is 2.20. The summed E-state index contributed by atoms with van der Waals surface area (Å²) in [4.78, 5) is 17.0.